The summed E-state index contributed by atoms with van der Waals surface area (Å²) in [7, 11) is 0. The van der Waals surface area contributed by atoms with Gasteiger partial charge in [-0.05, 0) is 67.1 Å². The molecular weight excluding hydrogens is 507 g/mol. The number of anilines is 2. The number of nitrogen functional groups attached to an aromatic ring is 1. The van der Waals surface area contributed by atoms with Crippen LogP contribution in [0.15, 0.2) is 67.0 Å². The number of nitrogens with one attached hydrogen (secondary N) is 2. The number of nitrogens with zero attached hydrogens (tertiary/aromatic N) is 2. The molecule has 3 aromatic carbocycles. The van der Waals surface area contributed by atoms with Gasteiger partial charge in [0.2, 0.25) is 5.91 Å². The molecule has 0 saturated heterocycles. The highest BCUT2D eigenvalue weighted by atomic mass is 19.1. The zero-order chi connectivity index (χ0) is 28.4. The molecule has 5 aromatic rings. The number of hydrogen-bond acceptors (Lipinski definition) is 6. The smallest absolute Gasteiger partial charge is 0.249 e. The maximum atomic E-state index is 16.0. The molecule has 0 aliphatic rings. The highest BCUT2D eigenvalue weighted by Crippen LogP contribution is 2.35. The van der Waals surface area contributed by atoms with Crippen LogP contribution in [-0.4, -0.2) is 27.5 Å². The van der Waals surface area contributed by atoms with Crippen LogP contribution >= 0.6 is 0 Å². The minimum atomic E-state index is -0.724. The maximum Gasteiger partial charge on any atom is 0.249 e. The number of ether oxygens (including phenoxy) is 1. The number of primary amides is 1. The van der Waals surface area contributed by atoms with Crippen LogP contribution in [0, 0.1) is 12.7 Å². The normalized spacial score (nSPS) is 11.9. The number of amides is 1. The van der Waals surface area contributed by atoms with Gasteiger partial charge in [-0.25, -0.2) is 14.4 Å². The van der Waals surface area contributed by atoms with Crippen molar-refractivity contribution in [3.8, 4) is 17.0 Å². The fourth-order valence-electron chi connectivity index (χ4n) is 4.94. The Morgan fingerprint density at radius 3 is 2.70 bits per heavy atom. The third kappa shape index (κ3) is 5.05. The van der Waals surface area contributed by atoms with Crippen LogP contribution in [0.25, 0.3) is 22.0 Å². The number of hydrogen-bond donors (Lipinski definition) is 4. The average Bonchev–Trinajstić information content (AvgIpc) is 3.43. The molecule has 1 amide bonds. The third-order valence-corrected chi connectivity index (χ3v) is 6.93. The van der Waals surface area contributed by atoms with E-state index in [1.807, 2.05) is 63.2 Å². The first-order valence-corrected chi connectivity index (χ1v) is 13.1. The van der Waals surface area contributed by atoms with Gasteiger partial charge in [-0.1, -0.05) is 31.2 Å². The molecule has 40 heavy (non-hydrogen) atoms. The summed E-state index contributed by atoms with van der Waals surface area (Å²) in [5.74, 6) is 0.0603. The number of aromatic amines is 1. The summed E-state index contributed by atoms with van der Waals surface area (Å²) in [5.41, 5.74) is 16.1. The lowest BCUT2D eigenvalue weighted by Crippen LogP contribution is -2.17. The molecule has 2 aromatic heterocycles. The van der Waals surface area contributed by atoms with Gasteiger partial charge in [-0.15, -0.1) is 0 Å². The third-order valence-electron chi connectivity index (χ3n) is 6.93. The highest BCUT2D eigenvalue weighted by Gasteiger charge is 2.26. The minimum Gasteiger partial charge on any atom is -0.491 e. The number of aryl methyl sites for hydroxylation is 2. The van der Waals surface area contributed by atoms with Gasteiger partial charge in [-0.3, -0.25) is 4.79 Å². The lowest BCUT2D eigenvalue weighted by Gasteiger charge is -2.22. The fourth-order valence-corrected chi connectivity index (χ4v) is 4.94. The average molecular weight is 539 g/mol. The number of fused-ring (bicyclic) bond motifs is 1. The molecule has 1 atom stereocenters. The standard InChI is InChI=1S/C31H31FN6O2/c1-4-18-13-23(27(32)25(14-18)40-5-2)28(37-20-9-10-21-19(15-20)11-12-35-29(21)33)31-36-16-24(38-31)22-8-6-7-17(3)26(22)30(34)39/h6-16,28,37H,4-5H2,1-3H3,(H2,33,35)(H2,34,39)(H,36,38). The van der Waals surface area contributed by atoms with Crippen molar-refractivity contribution in [3.63, 3.8) is 0 Å². The lowest BCUT2D eigenvalue weighted by molar-refractivity contribution is 0.100. The van der Waals surface area contributed by atoms with Gasteiger partial charge in [-0.2, -0.15) is 0 Å². The number of rotatable bonds is 9. The largest absolute Gasteiger partial charge is 0.491 e. The van der Waals surface area contributed by atoms with Gasteiger partial charge in [0.15, 0.2) is 11.6 Å². The molecule has 8 nitrogen and oxygen atoms in total. The number of H-pyrrole nitrogens is 1. The number of carbonyl (C=O) groups excluding carboxylic acids is 1. The molecule has 5 rings (SSSR count). The van der Waals surface area contributed by atoms with E-state index in [9.17, 15) is 4.79 Å². The van der Waals surface area contributed by atoms with E-state index in [4.69, 9.17) is 16.2 Å². The SMILES string of the molecule is CCOc1cc(CC)cc(C(Nc2ccc3c(N)nccc3c2)c2ncc(-c3cccc(C)c3C(N)=O)[nH]2)c1F. The predicted octanol–water partition coefficient (Wildman–Crippen LogP) is 5.92. The molecule has 0 aliphatic carbocycles. The molecule has 0 aliphatic heterocycles. The molecule has 2 heterocycles. The molecule has 0 saturated carbocycles. The second kappa shape index (κ2) is 11.1. The number of aromatic nitrogens is 3. The van der Waals surface area contributed by atoms with E-state index in [0.717, 1.165) is 27.6 Å². The summed E-state index contributed by atoms with van der Waals surface area (Å²) >= 11 is 0. The van der Waals surface area contributed by atoms with E-state index in [0.29, 0.717) is 47.1 Å². The summed E-state index contributed by atoms with van der Waals surface area (Å²) in [6, 6.07) is 15.8. The van der Waals surface area contributed by atoms with Crippen LogP contribution in [-0.2, 0) is 6.42 Å². The fraction of sp³-hybridized carbons (Fsp3) is 0.194. The first kappa shape index (κ1) is 26.7. The molecule has 0 spiro atoms. The van der Waals surface area contributed by atoms with E-state index in [-0.39, 0.29) is 5.75 Å². The van der Waals surface area contributed by atoms with Gasteiger partial charge in [0, 0.05) is 28.4 Å². The molecule has 204 valence electrons. The highest BCUT2D eigenvalue weighted by molar-refractivity contribution is 6.00. The zero-order valence-corrected chi connectivity index (χ0v) is 22.6. The van der Waals surface area contributed by atoms with Crippen LogP contribution in [0.1, 0.15) is 52.8 Å². The summed E-state index contributed by atoms with van der Waals surface area (Å²) in [6.07, 6.45) is 3.97. The minimum absolute atomic E-state index is 0.183. The summed E-state index contributed by atoms with van der Waals surface area (Å²) < 4.78 is 21.6. The van der Waals surface area contributed by atoms with E-state index in [1.165, 1.54) is 0 Å². The molecule has 1 unspecified atom stereocenters. The number of carbonyl (C=O) groups is 1. The number of halogens is 1. The Balaban J connectivity index is 1.66. The van der Waals surface area contributed by atoms with Crippen molar-refractivity contribution in [1.82, 2.24) is 15.0 Å². The van der Waals surface area contributed by atoms with Crippen LogP contribution in [0.4, 0.5) is 15.9 Å². The molecule has 9 heteroatoms. The second-order valence-electron chi connectivity index (χ2n) is 9.54. The Hall–Kier alpha value is -4.92. The van der Waals surface area contributed by atoms with Crippen molar-refractivity contribution >= 4 is 28.2 Å². The summed E-state index contributed by atoms with van der Waals surface area (Å²) in [5, 5.41) is 5.17. The van der Waals surface area contributed by atoms with Crippen LogP contribution < -0.4 is 21.5 Å². The number of nitrogens with two attached hydrogens (primary N) is 2. The van der Waals surface area contributed by atoms with Gasteiger partial charge < -0.3 is 26.5 Å². The molecule has 0 fully saturated rings. The van der Waals surface area contributed by atoms with Gasteiger partial charge in [0.1, 0.15) is 17.7 Å². The summed E-state index contributed by atoms with van der Waals surface area (Å²) in [4.78, 5) is 24.4. The van der Waals surface area contributed by atoms with E-state index in [2.05, 4.69) is 20.3 Å². The zero-order valence-electron chi connectivity index (χ0n) is 22.6. The van der Waals surface area contributed by atoms with Crippen molar-refractivity contribution < 1.29 is 13.9 Å². The first-order chi connectivity index (χ1) is 19.3. The quantitative estimate of drug-likeness (QED) is 0.184. The predicted molar refractivity (Wildman–Crippen MR) is 156 cm³/mol. The van der Waals surface area contributed by atoms with E-state index in [1.54, 1.807) is 24.5 Å². The summed E-state index contributed by atoms with van der Waals surface area (Å²) in [6.45, 7) is 5.98. The Morgan fingerprint density at radius 1 is 1.12 bits per heavy atom. The second-order valence-corrected chi connectivity index (χ2v) is 9.54. The Labute approximate surface area is 231 Å². The van der Waals surface area contributed by atoms with E-state index < -0.39 is 17.8 Å². The lowest BCUT2D eigenvalue weighted by atomic mass is 9.99. The topological polar surface area (TPSA) is 132 Å². The number of benzene rings is 3. The Bertz CT molecular complexity index is 1710. The Morgan fingerprint density at radius 2 is 1.95 bits per heavy atom. The molecule has 0 radical (unpaired) electrons. The maximum absolute atomic E-state index is 16.0. The van der Waals surface area contributed by atoms with Crippen molar-refractivity contribution in [2.24, 2.45) is 5.73 Å². The molecular formula is C31H31FN6O2. The Kier molecular flexibility index (Phi) is 7.37. The van der Waals surface area contributed by atoms with Crippen molar-refractivity contribution in [1.29, 1.82) is 0 Å². The number of imidazole rings is 1. The monoisotopic (exact) mass is 538 g/mol. The van der Waals surface area contributed by atoms with Crippen molar-refractivity contribution in [2.75, 3.05) is 17.7 Å². The van der Waals surface area contributed by atoms with Gasteiger partial charge >= 0.3 is 0 Å². The van der Waals surface area contributed by atoms with Gasteiger partial charge in [0.25, 0.3) is 0 Å². The number of pyridine rings is 1. The van der Waals surface area contributed by atoms with Crippen molar-refractivity contribution in [3.05, 3.63) is 101 Å². The van der Waals surface area contributed by atoms with Crippen LogP contribution in [0.3, 0.4) is 0 Å². The van der Waals surface area contributed by atoms with E-state index >= 15 is 4.39 Å². The van der Waals surface area contributed by atoms with Crippen LogP contribution in [0.5, 0.6) is 5.75 Å². The van der Waals surface area contributed by atoms with Crippen LogP contribution in [0.2, 0.25) is 0 Å². The molecule has 6 N–H and O–H groups in total. The van der Waals surface area contributed by atoms with Gasteiger partial charge in [0.05, 0.1) is 24.1 Å². The first-order valence-electron chi connectivity index (χ1n) is 13.1. The van der Waals surface area contributed by atoms with Crippen molar-refractivity contribution in [2.45, 2.75) is 33.2 Å². The molecule has 0 bridgehead atoms.